The minimum absolute atomic E-state index is 0.289. The summed E-state index contributed by atoms with van der Waals surface area (Å²) in [6.45, 7) is 2.68. The van der Waals surface area contributed by atoms with E-state index in [4.69, 9.17) is 5.84 Å². The molecule has 0 spiro atoms. The van der Waals surface area contributed by atoms with E-state index in [-0.39, 0.29) is 6.54 Å². The molecule has 0 aliphatic rings. The summed E-state index contributed by atoms with van der Waals surface area (Å²) < 4.78 is 24.1. The van der Waals surface area contributed by atoms with Gasteiger partial charge in [0, 0.05) is 18.7 Å². The molecule has 1 heterocycles. The van der Waals surface area contributed by atoms with Crippen molar-refractivity contribution >= 4 is 21.7 Å². The molecular formula is C9H18N6O2S. The summed E-state index contributed by atoms with van der Waals surface area (Å²) in [5.74, 6) is 6.56. The summed E-state index contributed by atoms with van der Waals surface area (Å²) in [7, 11) is -3.16. The van der Waals surface area contributed by atoms with Crippen LogP contribution in [0.3, 0.4) is 0 Å². The van der Waals surface area contributed by atoms with E-state index in [2.05, 4.69) is 25.4 Å². The summed E-state index contributed by atoms with van der Waals surface area (Å²) in [6.07, 6.45) is 3.22. The highest BCUT2D eigenvalue weighted by Crippen LogP contribution is 2.18. The van der Waals surface area contributed by atoms with Crippen LogP contribution in [-0.4, -0.2) is 37.7 Å². The third-order valence-corrected chi connectivity index (χ3v) is 2.95. The first-order chi connectivity index (χ1) is 8.48. The molecule has 0 atom stereocenters. The van der Waals surface area contributed by atoms with E-state index in [9.17, 15) is 8.42 Å². The number of aromatic nitrogens is 2. The molecule has 5 N–H and O–H groups in total. The maximum Gasteiger partial charge on any atom is 0.208 e. The molecule has 0 unspecified atom stereocenters. The Morgan fingerprint density at radius 2 is 1.94 bits per heavy atom. The average molecular weight is 274 g/mol. The lowest BCUT2D eigenvalue weighted by Crippen LogP contribution is -2.28. The second kappa shape index (κ2) is 6.47. The Hall–Kier alpha value is -1.45. The lowest BCUT2D eigenvalue weighted by atomic mass is 10.2. The van der Waals surface area contributed by atoms with Gasteiger partial charge in [0.25, 0.3) is 0 Å². The van der Waals surface area contributed by atoms with Gasteiger partial charge in [0.05, 0.1) is 6.26 Å². The largest absolute Gasteiger partial charge is 0.368 e. The average Bonchev–Trinajstić information content (AvgIpc) is 2.32. The molecule has 9 heteroatoms. The molecule has 0 aliphatic heterocycles. The summed E-state index contributed by atoms with van der Waals surface area (Å²) in [6, 6.07) is 0. The Bertz CT molecular complexity index is 490. The van der Waals surface area contributed by atoms with Crippen LogP contribution < -0.4 is 21.3 Å². The molecule has 1 rings (SSSR count). The first-order valence-electron chi connectivity index (χ1n) is 5.47. The molecule has 0 radical (unpaired) electrons. The van der Waals surface area contributed by atoms with Gasteiger partial charge in [-0.15, -0.1) is 0 Å². The molecule has 0 aliphatic carbocycles. The van der Waals surface area contributed by atoms with Crippen molar-refractivity contribution in [1.29, 1.82) is 0 Å². The van der Waals surface area contributed by atoms with Crippen molar-refractivity contribution in [2.24, 2.45) is 5.84 Å². The Balaban J connectivity index is 2.62. The van der Waals surface area contributed by atoms with Crippen LogP contribution >= 0.6 is 0 Å². The molecule has 18 heavy (non-hydrogen) atoms. The third kappa shape index (κ3) is 4.43. The van der Waals surface area contributed by atoms with Gasteiger partial charge in [0.2, 0.25) is 10.0 Å². The molecular weight excluding hydrogens is 256 g/mol. The molecule has 8 nitrogen and oxygen atoms in total. The lowest BCUT2D eigenvalue weighted by Gasteiger charge is -2.12. The van der Waals surface area contributed by atoms with E-state index < -0.39 is 10.0 Å². The Labute approximate surface area is 106 Å². The molecule has 0 saturated carbocycles. The summed E-state index contributed by atoms with van der Waals surface area (Å²) >= 11 is 0. The second-order valence-electron chi connectivity index (χ2n) is 3.64. The zero-order valence-electron chi connectivity index (χ0n) is 10.4. The Kier molecular flexibility index (Phi) is 5.25. The van der Waals surface area contributed by atoms with Gasteiger partial charge in [-0.25, -0.2) is 29.0 Å². The van der Waals surface area contributed by atoms with Crippen molar-refractivity contribution in [3.8, 4) is 0 Å². The van der Waals surface area contributed by atoms with E-state index in [0.29, 0.717) is 24.6 Å². The number of anilines is 2. The van der Waals surface area contributed by atoms with Crippen LogP contribution in [0.2, 0.25) is 0 Å². The number of hydrogen-bond acceptors (Lipinski definition) is 7. The number of nitrogens with two attached hydrogens (primary N) is 1. The van der Waals surface area contributed by atoms with Crippen molar-refractivity contribution in [3.05, 3.63) is 11.9 Å². The third-order valence-electron chi connectivity index (χ3n) is 2.22. The van der Waals surface area contributed by atoms with E-state index in [0.717, 1.165) is 11.8 Å². The number of hydrogen-bond donors (Lipinski definition) is 4. The highest BCUT2D eigenvalue weighted by atomic mass is 32.2. The van der Waals surface area contributed by atoms with Crippen molar-refractivity contribution in [1.82, 2.24) is 14.7 Å². The minimum atomic E-state index is -3.16. The first-order valence-corrected chi connectivity index (χ1v) is 7.36. The first kappa shape index (κ1) is 14.6. The summed E-state index contributed by atoms with van der Waals surface area (Å²) in [4.78, 5) is 8.09. The molecule has 0 bridgehead atoms. The molecule has 0 aromatic carbocycles. The predicted molar refractivity (Wildman–Crippen MR) is 70.6 cm³/mol. The van der Waals surface area contributed by atoms with Crippen LogP contribution in [0.5, 0.6) is 0 Å². The summed E-state index contributed by atoms with van der Waals surface area (Å²) in [5.41, 5.74) is 3.36. The van der Waals surface area contributed by atoms with Crippen LogP contribution in [0.4, 0.5) is 11.6 Å². The molecule has 0 fully saturated rings. The normalized spacial score (nSPS) is 11.3. The van der Waals surface area contributed by atoms with Crippen LogP contribution in [0.15, 0.2) is 6.33 Å². The number of sulfonamides is 1. The molecule has 1 aromatic heterocycles. The van der Waals surface area contributed by atoms with Gasteiger partial charge < -0.3 is 10.7 Å². The van der Waals surface area contributed by atoms with Crippen LogP contribution in [0.1, 0.15) is 12.5 Å². The lowest BCUT2D eigenvalue weighted by molar-refractivity contribution is 0.589. The number of nitrogens with zero attached hydrogens (tertiary/aromatic N) is 2. The maximum absolute atomic E-state index is 10.9. The van der Waals surface area contributed by atoms with Gasteiger partial charge in [-0.3, -0.25) is 0 Å². The fourth-order valence-corrected chi connectivity index (χ4v) is 1.91. The molecule has 0 amide bonds. The zero-order valence-corrected chi connectivity index (χ0v) is 11.2. The van der Waals surface area contributed by atoms with Gasteiger partial charge >= 0.3 is 0 Å². The maximum atomic E-state index is 10.9. The van der Waals surface area contributed by atoms with E-state index >= 15 is 0 Å². The topological polar surface area (TPSA) is 122 Å². The predicted octanol–water partition coefficient (Wildman–Crippen LogP) is -0.714. The van der Waals surface area contributed by atoms with Crippen molar-refractivity contribution in [2.45, 2.75) is 13.3 Å². The van der Waals surface area contributed by atoms with Gasteiger partial charge in [0.1, 0.15) is 18.0 Å². The monoisotopic (exact) mass is 274 g/mol. The molecule has 0 saturated heterocycles. The van der Waals surface area contributed by atoms with Crippen LogP contribution in [0, 0.1) is 0 Å². The van der Waals surface area contributed by atoms with Gasteiger partial charge in [-0.05, 0) is 6.42 Å². The Morgan fingerprint density at radius 1 is 1.28 bits per heavy atom. The highest BCUT2D eigenvalue weighted by molar-refractivity contribution is 7.88. The van der Waals surface area contributed by atoms with E-state index in [1.807, 2.05) is 6.92 Å². The van der Waals surface area contributed by atoms with E-state index in [1.165, 1.54) is 6.33 Å². The number of hydrazine groups is 1. The molecule has 102 valence electrons. The fourth-order valence-electron chi connectivity index (χ4n) is 1.44. The van der Waals surface area contributed by atoms with Crippen molar-refractivity contribution in [2.75, 3.05) is 30.1 Å². The van der Waals surface area contributed by atoms with Gasteiger partial charge in [0.15, 0.2) is 0 Å². The van der Waals surface area contributed by atoms with Gasteiger partial charge in [-0.1, -0.05) is 6.92 Å². The number of nitrogen functional groups attached to an aromatic ring is 1. The zero-order chi connectivity index (χ0) is 13.6. The van der Waals surface area contributed by atoms with E-state index in [1.54, 1.807) is 0 Å². The van der Waals surface area contributed by atoms with Crippen molar-refractivity contribution < 1.29 is 8.42 Å². The minimum Gasteiger partial charge on any atom is -0.368 e. The fraction of sp³-hybridized carbons (Fsp3) is 0.556. The number of nitrogens with one attached hydrogen (secondary N) is 3. The highest BCUT2D eigenvalue weighted by Gasteiger charge is 2.08. The van der Waals surface area contributed by atoms with Crippen LogP contribution in [-0.2, 0) is 16.4 Å². The second-order valence-corrected chi connectivity index (χ2v) is 5.47. The Morgan fingerprint density at radius 3 is 2.50 bits per heavy atom. The quantitative estimate of drug-likeness (QED) is 0.294. The molecule has 1 aromatic rings. The standard InChI is InChI=1S/C9H18N6O2S/c1-3-7-8(12-6-13-9(7)15-10)11-4-5-14-18(2,16)17/h6,14H,3-5,10H2,1-2H3,(H2,11,12,13,15). The smallest absolute Gasteiger partial charge is 0.208 e. The summed E-state index contributed by atoms with van der Waals surface area (Å²) in [5, 5.41) is 3.04. The number of rotatable bonds is 7. The van der Waals surface area contributed by atoms with Crippen LogP contribution in [0.25, 0.3) is 0 Å². The van der Waals surface area contributed by atoms with Gasteiger partial charge in [-0.2, -0.15) is 0 Å². The van der Waals surface area contributed by atoms with Crippen molar-refractivity contribution in [3.63, 3.8) is 0 Å². The SMILES string of the molecule is CCc1c(NN)ncnc1NCCNS(C)(=O)=O.